The lowest BCUT2D eigenvalue weighted by Gasteiger charge is -2.19. The largest absolute Gasteiger partial charge is 0.385 e. The Hall–Kier alpha value is -1.77. The van der Waals surface area contributed by atoms with Gasteiger partial charge in [-0.1, -0.05) is 18.2 Å². The number of benzene rings is 1. The summed E-state index contributed by atoms with van der Waals surface area (Å²) in [6.07, 6.45) is 8.10. The van der Waals surface area contributed by atoms with Gasteiger partial charge in [0, 0.05) is 24.8 Å². The fourth-order valence-corrected chi connectivity index (χ4v) is 2.22. The Balaban J connectivity index is 1.92. The number of hydrogen-bond donors (Lipinski definition) is 2. The van der Waals surface area contributed by atoms with Gasteiger partial charge in [-0.25, -0.2) is 0 Å². The molecule has 1 aromatic carbocycles. The maximum Gasteiger partial charge on any atom is 0.251 e. The van der Waals surface area contributed by atoms with Crippen LogP contribution in [0.2, 0.25) is 0 Å². The van der Waals surface area contributed by atoms with Gasteiger partial charge in [0.1, 0.15) is 0 Å². The van der Waals surface area contributed by atoms with Crippen LogP contribution in [0.25, 0.3) is 0 Å². The minimum Gasteiger partial charge on any atom is -0.385 e. The van der Waals surface area contributed by atoms with Crippen molar-refractivity contribution in [2.75, 3.05) is 18.9 Å². The standard InChI is InChI=1S/C15H20N2O/c1-16-15(18)13-8-5-9-14(10-13)17-11-12-6-3-2-4-7-12/h2-3,5,8-10,12,17H,4,6-7,11H2,1H3,(H,16,18). The summed E-state index contributed by atoms with van der Waals surface area (Å²) >= 11 is 0. The van der Waals surface area contributed by atoms with E-state index in [1.807, 2.05) is 24.3 Å². The zero-order chi connectivity index (χ0) is 12.8. The van der Waals surface area contributed by atoms with E-state index in [-0.39, 0.29) is 5.91 Å². The Morgan fingerprint density at radius 2 is 2.28 bits per heavy atom. The van der Waals surface area contributed by atoms with E-state index in [4.69, 9.17) is 0 Å². The van der Waals surface area contributed by atoms with Crippen LogP contribution in [0.5, 0.6) is 0 Å². The van der Waals surface area contributed by atoms with Gasteiger partial charge < -0.3 is 10.6 Å². The highest BCUT2D eigenvalue weighted by molar-refractivity contribution is 5.94. The second-order valence-electron chi connectivity index (χ2n) is 4.69. The van der Waals surface area contributed by atoms with Crippen LogP contribution >= 0.6 is 0 Å². The second kappa shape index (κ2) is 6.24. The minimum absolute atomic E-state index is 0.0424. The Morgan fingerprint density at radius 1 is 1.39 bits per heavy atom. The van der Waals surface area contributed by atoms with Gasteiger partial charge in [-0.05, 0) is 43.4 Å². The van der Waals surface area contributed by atoms with Crippen molar-refractivity contribution >= 4 is 11.6 Å². The van der Waals surface area contributed by atoms with Gasteiger partial charge in [-0.3, -0.25) is 4.79 Å². The maximum atomic E-state index is 11.5. The van der Waals surface area contributed by atoms with E-state index < -0.39 is 0 Å². The van der Waals surface area contributed by atoms with Gasteiger partial charge >= 0.3 is 0 Å². The average molecular weight is 244 g/mol. The van der Waals surface area contributed by atoms with Crippen molar-refractivity contribution in [3.05, 3.63) is 42.0 Å². The normalized spacial score (nSPS) is 18.4. The first kappa shape index (κ1) is 12.7. The summed E-state index contributed by atoms with van der Waals surface area (Å²) in [4.78, 5) is 11.5. The van der Waals surface area contributed by atoms with E-state index in [9.17, 15) is 4.79 Å². The molecule has 0 heterocycles. The Labute approximate surface area is 108 Å². The summed E-state index contributed by atoms with van der Waals surface area (Å²) in [5, 5.41) is 6.06. The van der Waals surface area contributed by atoms with Crippen molar-refractivity contribution in [1.82, 2.24) is 5.32 Å². The van der Waals surface area contributed by atoms with E-state index in [2.05, 4.69) is 22.8 Å². The second-order valence-corrected chi connectivity index (χ2v) is 4.69. The van der Waals surface area contributed by atoms with Crippen LogP contribution in [0.4, 0.5) is 5.69 Å². The highest BCUT2D eigenvalue weighted by Crippen LogP contribution is 2.19. The molecule has 1 aliphatic carbocycles. The predicted molar refractivity (Wildman–Crippen MR) is 74.8 cm³/mol. The molecule has 0 bridgehead atoms. The summed E-state index contributed by atoms with van der Waals surface area (Å²) in [5.74, 6) is 0.665. The molecule has 1 unspecified atom stereocenters. The van der Waals surface area contributed by atoms with Crippen molar-refractivity contribution in [2.24, 2.45) is 5.92 Å². The first-order valence-electron chi connectivity index (χ1n) is 6.50. The minimum atomic E-state index is -0.0424. The monoisotopic (exact) mass is 244 g/mol. The van der Waals surface area contributed by atoms with E-state index in [1.54, 1.807) is 7.05 Å². The molecule has 0 spiro atoms. The lowest BCUT2D eigenvalue weighted by atomic mass is 9.94. The molecule has 96 valence electrons. The Morgan fingerprint density at radius 3 is 3.00 bits per heavy atom. The zero-order valence-corrected chi connectivity index (χ0v) is 10.8. The fraction of sp³-hybridized carbons (Fsp3) is 0.400. The molecule has 1 amide bonds. The summed E-state index contributed by atoms with van der Waals surface area (Å²) in [6, 6.07) is 7.64. The number of hydrogen-bond acceptors (Lipinski definition) is 2. The molecule has 2 N–H and O–H groups in total. The molecular weight excluding hydrogens is 224 g/mol. The number of carbonyl (C=O) groups is 1. The summed E-state index contributed by atoms with van der Waals surface area (Å²) in [6.45, 7) is 0.974. The van der Waals surface area contributed by atoms with Crippen molar-refractivity contribution in [1.29, 1.82) is 0 Å². The SMILES string of the molecule is CNC(=O)c1cccc(NCC2CC=CCC2)c1. The quantitative estimate of drug-likeness (QED) is 0.800. The number of nitrogens with one attached hydrogen (secondary N) is 2. The number of carbonyl (C=O) groups excluding carboxylic acids is 1. The summed E-state index contributed by atoms with van der Waals surface area (Å²) in [7, 11) is 1.65. The molecule has 3 heteroatoms. The van der Waals surface area contributed by atoms with Crippen molar-refractivity contribution in [2.45, 2.75) is 19.3 Å². The molecule has 0 aromatic heterocycles. The average Bonchev–Trinajstić information content (AvgIpc) is 2.45. The van der Waals surface area contributed by atoms with Crippen molar-refractivity contribution in [3.63, 3.8) is 0 Å². The van der Waals surface area contributed by atoms with E-state index in [1.165, 1.54) is 12.8 Å². The van der Waals surface area contributed by atoms with Crippen LogP contribution in [0.1, 0.15) is 29.6 Å². The van der Waals surface area contributed by atoms with Gasteiger partial charge in [0.05, 0.1) is 0 Å². The molecule has 3 nitrogen and oxygen atoms in total. The zero-order valence-electron chi connectivity index (χ0n) is 10.8. The number of rotatable bonds is 4. The topological polar surface area (TPSA) is 41.1 Å². The Kier molecular flexibility index (Phi) is 4.40. The number of anilines is 1. The van der Waals surface area contributed by atoms with Crippen LogP contribution in [-0.2, 0) is 0 Å². The smallest absolute Gasteiger partial charge is 0.251 e. The number of allylic oxidation sites excluding steroid dienone is 2. The third kappa shape index (κ3) is 3.36. The van der Waals surface area contributed by atoms with Crippen LogP contribution in [0, 0.1) is 5.92 Å². The molecule has 0 radical (unpaired) electrons. The van der Waals surface area contributed by atoms with Crippen LogP contribution < -0.4 is 10.6 Å². The van der Waals surface area contributed by atoms with Gasteiger partial charge in [-0.2, -0.15) is 0 Å². The molecule has 0 fully saturated rings. The van der Waals surface area contributed by atoms with Crippen LogP contribution in [-0.4, -0.2) is 19.5 Å². The maximum absolute atomic E-state index is 11.5. The van der Waals surface area contributed by atoms with E-state index >= 15 is 0 Å². The lowest BCUT2D eigenvalue weighted by Crippen LogP contribution is -2.18. The van der Waals surface area contributed by atoms with Gasteiger partial charge in [0.15, 0.2) is 0 Å². The van der Waals surface area contributed by atoms with E-state index in [0.717, 1.165) is 18.7 Å². The molecule has 1 aliphatic rings. The summed E-state index contributed by atoms with van der Waals surface area (Å²) in [5.41, 5.74) is 1.72. The van der Waals surface area contributed by atoms with E-state index in [0.29, 0.717) is 11.5 Å². The first-order valence-corrected chi connectivity index (χ1v) is 6.50. The van der Waals surface area contributed by atoms with Crippen molar-refractivity contribution in [3.8, 4) is 0 Å². The van der Waals surface area contributed by atoms with Gasteiger partial charge in [0.25, 0.3) is 5.91 Å². The molecule has 0 saturated heterocycles. The summed E-state index contributed by atoms with van der Waals surface area (Å²) < 4.78 is 0. The van der Waals surface area contributed by atoms with Crippen LogP contribution in [0.15, 0.2) is 36.4 Å². The third-order valence-corrected chi connectivity index (χ3v) is 3.32. The fourth-order valence-electron chi connectivity index (χ4n) is 2.22. The third-order valence-electron chi connectivity index (χ3n) is 3.32. The molecule has 0 aliphatic heterocycles. The molecule has 18 heavy (non-hydrogen) atoms. The van der Waals surface area contributed by atoms with Crippen LogP contribution in [0.3, 0.4) is 0 Å². The molecule has 1 atom stereocenters. The van der Waals surface area contributed by atoms with Gasteiger partial charge in [0.2, 0.25) is 0 Å². The Bertz CT molecular complexity index is 440. The predicted octanol–water partition coefficient (Wildman–Crippen LogP) is 2.81. The first-order chi connectivity index (χ1) is 8.79. The number of amides is 1. The molecule has 0 saturated carbocycles. The molecule has 2 rings (SSSR count). The molecule has 1 aromatic rings. The highest BCUT2D eigenvalue weighted by atomic mass is 16.1. The van der Waals surface area contributed by atoms with Crippen molar-refractivity contribution < 1.29 is 4.79 Å². The van der Waals surface area contributed by atoms with Gasteiger partial charge in [-0.15, -0.1) is 0 Å². The highest BCUT2D eigenvalue weighted by Gasteiger charge is 2.09. The lowest BCUT2D eigenvalue weighted by molar-refractivity contribution is 0.0963. The molecular formula is C15H20N2O.